The monoisotopic (exact) mass is 441 g/mol. The summed E-state index contributed by atoms with van der Waals surface area (Å²) in [5.74, 6) is -0.292. The Labute approximate surface area is 183 Å². The number of likely N-dealkylation sites (tertiary alicyclic amines) is 1. The first-order valence-corrected chi connectivity index (χ1v) is 12.2. The Balaban J connectivity index is 1.38. The van der Waals surface area contributed by atoms with Gasteiger partial charge in [-0.25, -0.2) is 8.42 Å². The van der Waals surface area contributed by atoms with Crippen LogP contribution in [0.5, 0.6) is 0 Å². The summed E-state index contributed by atoms with van der Waals surface area (Å²) in [6, 6.07) is 13.4. The summed E-state index contributed by atoms with van der Waals surface area (Å²) in [7, 11) is -3.56. The summed E-state index contributed by atoms with van der Waals surface area (Å²) >= 11 is 0. The van der Waals surface area contributed by atoms with Gasteiger partial charge in [0.15, 0.2) is 0 Å². The van der Waals surface area contributed by atoms with Crippen LogP contribution in [0, 0.1) is 0 Å². The number of carbonyl (C=O) groups is 2. The largest absolute Gasteiger partial charge is 0.348 e. The fourth-order valence-corrected chi connectivity index (χ4v) is 5.59. The van der Waals surface area contributed by atoms with Crippen molar-refractivity contribution in [1.82, 2.24) is 14.5 Å². The summed E-state index contributed by atoms with van der Waals surface area (Å²) in [6.45, 7) is 2.95. The molecule has 2 aliphatic heterocycles. The number of sulfonamides is 1. The average molecular weight is 442 g/mol. The Bertz CT molecular complexity index is 1050. The quantitative estimate of drug-likeness (QED) is 0.747. The zero-order valence-electron chi connectivity index (χ0n) is 17.4. The van der Waals surface area contributed by atoms with E-state index in [1.807, 2.05) is 17.0 Å². The molecule has 2 amide bonds. The molecule has 8 heteroatoms. The van der Waals surface area contributed by atoms with Crippen LogP contribution in [0.1, 0.15) is 52.0 Å². The van der Waals surface area contributed by atoms with Crippen LogP contribution in [-0.2, 0) is 16.6 Å². The van der Waals surface area contributed by atoms with E-state index in [2.05, 4.69) is 5.32 Å². The summed E-state index contributed by atoms with van der Waals surface area (Å²) in [6.07, 6.45) is 3.83. The third-order valence-electron chi connectivity index (χ3n) is 5.85. The Kier molecular flexibility index (Phi) is 6.38. The van der Waals surface area contributed by atoms with Crippen molar-refractivity contribution in [2.24, 2.45) is 0 Å². The van der Waals surface area contributed by atoms with Gasteiger partial charge in [0, 0.05) is 43.9 Å². The first-order chi connectivity index (χ1) is 14.9. The van der Waals surface area contributed by atoms with Gasteiger partial charge in [-0.1, -0.05) is 18.2 Å². The van der Waals surface area contributed by atoms with Crippen LogP contribution in [0.25, 0.3) is 0 Å². The Morgan fingerprint density at radius 3 is 2.16 bits per heavy atom. The van der Waals surface area contributed by atoms with Gasteiger partial charge < -0.3 is 10.2 Å². The fourth-order valence-electron chi connectivity index (χ4n) is 4.03. The topological polar surface area (TPSA) is 86.8 Å². The molecule has 2 aromatic carbocycles. The SMILES string of the molecule is O=C(NCc1ccc(C(=O)N2CCCC2)cc1)c1cccc(S(=O)(=O)N2CCCC2)c1. The number of nitrogens with one attached hydrogen (secondary N) is 1. The summed E-state index contributed by atoms with van der Waals surface area (Å²) < 4.78 is 26.9. The van der Waals surface area contributed by atoms with Crippen molar-refractivity contribution in [3.05, 3.63) is 65.2 Å². The fraction of sp³-hybridized carbons (Fsp3) is 0.391. The maximum atomic E-state index is 12.7. The molecule has 0 radical (unpaired) electrons. The van der Waals surface area contributed by atoms with Crippen molar-refractivity contribution in [3.63, 3.8) is 0 Å². The first-order valence-electron chi connectivity index (χ1n) is 10.7. The number of carbonyl (C=O) groups excluding carboxylic acids is 2. The Morgan fingerprint density at radius 2 is 1.48 bits per heavy atom. The van der Waals surface area contributed by atoms with E-state index >= 15 is 0 Å². The molecule has 0 bridgehead atoms. The maximum Gasteiger partial charge on any atom is 0.253 e. The molecule has 0 aromatic heterocycles. The van der Waals surface area contributed by atoms with Gasteiger partial charge in [0.05, 0.1) is 4.90 Å². The molecular weight excluding hydrogens is 414 g/mol. The van der Waals surface area contributed by atoms with Crippen molar-refractivity contribution in [2.45, 2.75) is 37.1 Å². The molecule has 2 fully saturated rings. The smallest absolute Gasteiger partial charge is 0.253 e. The molecule has 0 aliphatic carbocycles. The van der Waals surface area contributed by atoms with Gasteiger partial charge in [0.1, 0.15) is 0 Å². The van der Waals surface area contributed by atoms with Gasteiger partial charge in [0.25, 0.3) is 11.8 Å². The van der Waals surface area contributed by atoms with E-state index in [4.69, 9.17) is 0 Å². The highest BCUT2D eigenvalue weighted by Gasteiger charge is 2.27. The second kappa shape index (κ2) is 9.20. The maximum absolute atomic E-state index is 12.7. The molecule has 0 atom stereocenters. The lowest BCUT2D eigenvalue weighted by Crippen LogP contribution is -2.28. The molecule has 2 aromatic rings. The van der Waals surface area contributed by atoms with Crippen LogP contribution in [0.15, 0.2) is 53.4 Å². The predicted molar refractivity (Wildman–Crippen MR) is 117 cm³/mol. The molecule has 4 rings (SSSR count). The number of rotatable bonds is 6. The zero-order chi connectivity index (χ0) is 21.8. The van der Waals surface area contributed by atoms with E-state index < -0.39 is 10.0 Å². The highest BCUT2D eigenvalue weighted by Crippen LogP contribution is 2.21. The normalized spacial score (nSPS) is 17.1. The molecule has 1 N–H and O–H groups in total. The molecule has 2 aliphatic rings. The molecule has 0 unspecified atom stereocenters. The molecule has 2 saturated heterocycles. The van der Waals surface area contributed by atoms with Crippen molar-refractivity contribution >= 4 is 21.8 Å². The lowest BCUT2D eigenvalue weighted by atomic mass is 10.1. The second-order valence-electron chi connectivity index (χ2n) is 8.02. The van der Waals surface area contributed by atoms with Crippen LogP contribution in [0.2, 0.25) is 0 Å². The van der Waals surface area contributed by atoms with Crippen molar-refractivity contribution in [3.8, 4) is 0 Å². The molecule has 31 heavy (non-hydrogen) atoms. The standard InChI is InChI=1S/C23H27N3O4S/c27-22(20-6-5-7-21(16-20)31(29,30)26-14-3-4-15-26)24-17-18-8-10-19(11-9-18)23(28)25-12-1-2-13-25/h5-11,16H,1-4,12-15,17H2,(H,24,27). The minimum absolute atomic E-state index is 0.0455. The number of hydrogen-bond donors (Lipinski definition) is 1. The van der Waals surface area contributed by atoms with Crippen LogP contribution in [0.3, 0.4) is 0 Å². The highest BCUT2D eigenvalue weighted by molar-refractivity contribution is 7.89. The average Bonchev–Trinajstić information content (AvgIpc) is 3.52. The summed E-state index contributed by atoms with van der Waals surface area (Å²) in [5.41, 5.74) is 1.82. The number of hydrogen-bond acceptors (Lipinski definition) is 4. The van der Waals surface area contributed by atoms with Gasteiger partial charge in [-0.3, -0.25) is 9.59 Å². The van der Waals surface area contributed by atoms with Gasteiger partial charge >= 0.3 is 0 Å². The van der Waals surface area contributed by atoms with Gasteiger partial charge in [-0.05, 0) is 61.6 Å². The third-order valence-corrected chi connectivity index (χ3v) is 7.74. The summed E-state index contributed by atoms with van der Waals surface area (Å²) in [5, 5.41) is 2.82. The molecule has 7 nitrogen and oxygen atoms in total. The van der Waals surface area contributed by atoms with Gasteiger partial charge in [0.2, 0.25) is 10.0 Å². The van der Waals surface area contributed by atoms with Crippen molar-refractivity contribution in [1.29, 1.82) is 0 Å². The number of amides is 2. The van der Waals surface area contributed by atoms with Crippen LogP contribution < -0.4 is 5.32 Å². The van der Waals surface area contributed by atoms with E-state index in [1.54, 1.807) is 24.3 Å². The van der Waals surface area contributed by atoms with Crippen LogP contribution in [0.4, 0.5) is 0 Å². The molecule has 0 saturated carbocycles. The van der Waals surface area contributed by atoms with E-state index in [1.165, 1.54) is 16.4 Å². The summed E-state index contributed by atoms with van der Waals surface area (Å²) in [4.78, 5) is 27.0. The highest BCUT2D eigenvalue weighted by atomic mass is 32.2. The number of benzene rings is 2. The Morgan fingerprint density at radius 1 is 0.839 bits per heavy atom. The van der Waals surface area contributed by atoms with Gasteiger partial charge in [-0.2, -0.15) is 4.31 Å². The second-order valence-corrected chi connectivity index (χ2v) is 9.96. The van der Waals surface area contributed by atoms with Crippen molar-refractivity contribution in [2.75, 3.05) is 26.2 Å². The predicted octanol–water partition coefficient (Wildman–Crippen LogP) is 2.64. The van der Waals surface area contributed by atoms with Crippen molar-refractivity contribution < 1.29 is 18.0 Å². The van der Waals surface area contributed by atoms with E-state index in [-0.39, 0.29) is 16.7 Å². The molecule has 2 heterocycles. The lowest BCUT2D eigenvalue weighted by molar-refractivity contribution is 0.0792. The van der Waals surface area contributed by atoms with Gasteiger partial charge in [-0.15, -0.1) is 0 Å². The first kappa shape index (κ1) is 21.5. The minimum atomic E-state index is -3.56. The van der Waals surface area contributed by atoms with Crippen LogP contribution >= 0.6 is 0 Å². The molecular formula is C23H27N3O4S. The zero-order valence-corrected chi connectivity index (χ0v) is 18.2. The van der Waals surface area contributed by atoms with Crippen LogP contribution in [-0.4, -0.2) is 55.6 Å². The lowest BCUT2D eigenvalue weighted by Gasteiger charge is -2.16. The van der Waals surface area contributed by atoms with E-state index in [9.17, 15) is 18.0 Å². The third kappa shape index (κ3) is 4.80. The molecule has 164 valence electrons. The van der Waals surface area contributed by atoms with E-state index in [0.717, 1.165) is 44.3 Å². The number of nitrogens with zero attached hydrogens (tertiary/aromatic N) is 2. The minimum Gasteiger partial charge on any atom is -0.348 e. The van der Waals surface area contributed by atoms with E-state index in [0.29, 0.717) is 30.8 Å². The Hall–Kier alpha value is -2.71. The molecule has 0 spiro atoms.